The van der Waals surface area contributed by atoms with E-state index in [0.29, 0.717) is 29.2 Å². The van der Waals surface area contributed by atoms with Gasteiger partial charge >= 0.3 is 5.97 Å². The van der Waals surface area contributed by atoms with E-state index in [-0.39, 0.29) is 11.7 Å². The molecule has 0 fully saturated rings. The zero-order chi connectivity index (χ0) is 15.8. The van der Waals surface area contributed by atoms with E-state index in [2.05, 4.69) is 5.32 Å². The van der Waals surface area contributed by atoms with Crippen molar-refractivity contribution >= 4 is 23.6 Å². The molecule has 0 aliphatic rings. The molecule has 1 aromatic carbocycles. The molecule has 21 heavy (non-hydrogen) atoms. The van der Waals surface area contributed by atoms with Crippen molar-refractivity contribution in [2.45, 2.75) is 25.1 Å². The van der Waals surface area contributed by atoms with Gasteiger partial charge in [-0.15, -0.1) is 0 Å². The maximum atomic E-state index is 13.2. The quantitative estimate of drug-likeness (QED) is 0.718. The minimum absolute atomic E-state index is 0.303. The van der Waals surface area contributed by atoms with Crippen LogP contribution >= 0.6 is 11.8 Å². The lowest BCUT2D eigenvalue weighted by Gasteiger charge is -2.13. The highest BCUT2D eigenvalue weighted by atomic mass is 32.2. The molecule has 5 nitrogen and oxygen atoms in total. The van der Waals surface area contributed by atoms with E-state index in [4.69, 9.17) is 9.84 Å². The molecule has 1 amide bonds. The predicted molar refractivity (Wildman–Crippen MR) is 79.0 cm³/mol. The standard InChI is InChI=1S/C14H18FNO4S/c1-9(17)16-12(14(18)19)5-6-21-8-10-7-11(15)3-4-13(10)20-2/h3-4,7,12H,5-6,8H2,1-2H3,(H,16,17)(H,18,19). The summed E-state index contributed by atoms with van der Waals surface area (Å²) in [7, 11) is 1.51. The second kappa shape index (κ2) is 8.51. The van der Waals surface area contributed by atoms with Crippen LogP contribution in [0, 0.1) is 5.82 Å². The lowest BCUT2D eigenvalue weighted by atomic mass is 10.2. The van der Waals surface area contributed by atoms with Gasteiger partial charge in [-0.2, -0.15) is 11.8 Å². The maximum absolute atomic E-state index is 13.2. The van der Waals surface area contributed by atoms with Crippen molar-refractivity contribution < 1.29 is 23.8 Å². The van der Waals surface area contributed by atoms with Gasteiger partial charge in [0.15, 0.2) is 0 Å². The third-order valence-corrected chi connectivity index (χ3v) is 3.77. The number of carbonyl (C=O) groups excluding carboxylic acids is 1. The number of carboxylic acid groups (broad SMARTS) is 1. The van der Waals surface area contributed by atoms with Crippen molar-refractivity contribution in [3.8, 4) is 5.75 Å². The van der Waals surface area contributed by atoms with Gasteiger partial charge < -0.3 is 15.2 Å². The lowest BCUT2D eigenvalue weighted by molar-refractivity contribution is -0.141. The predicted octanol–water partition coefficient (Wildman–Crippen LogP) is 2.05. The Morgan fingerprint density at radius 2 is 2.19 bits per heavy atom. The minimum atomic E-state index is -1.06. The van der Waals surface area contributed by atoms with Crippen LogP contribution in [0.3, 0.4) is 0 Å². The van der Waals surface area contributed by atoms with Crippen molar-refractivity contribution in [1.29, 1.82) is 0 Å². The Kier molecular flexibility index (Phi) is 7.01. The molecule has 0 aliphatic carbocycles. The van der Waals surface area contributed by atoms with Gasteiger partial charge in [0.05, 0.1) is 7.11 Å². The molecule has 0 aromatic heterocycles. The van der Waals surface area contributed by atoms with Crippen molar-refractivity contribution in [2.75, 3.05) is 12.9 Å². The molecular formula is C14H18FNO4S. The smallest absolute Gasteiger partial charge is 0.326 e. The van der Waals surface area contributed by atoms with Crippen LogP contribution in [0.5, 0.6) is 5.75 Å². The normalized spacial score (nSPS) is 11.8. The highest BCUT2D eigenvalue weighted by molar-refractivity contribution is 7.98. The van der Waals surface area contributed by atoms with Gasteiger partial charge in [0, 0.05) is 18.2 Å². The zero-order valence-corrected chi connectivity index (χ0v) is 12.7. The maximum Gasteiger partial charge on any atom is 0.326 e. The monoisotopic (exact) mass is 315 g/mol. The first-order valence-corrected chi connectivity index (χ1v) is 7.49. The molecule has 0 heterocycles. The number of amides is 1. The highest BCUT2D eigenvalue weighted by Gasteiger charge is 2.17. The van der Waals surface area contributed by atoms with Gasteiger partial charge in [-0.3, -0.25) is 4.79 Å². The van der Waals surface area contributed by atoms with E-state index in [0.717, 1.165) is 0 Å². The summed E-state index contributed by atoms with van der Waals surface area (Å²) in [6, 6.07) is 3.38. The van der Waals surface area contributed by atoms with E-state index >= 15 is 0 Å². The Morgan fingerprint density at radius 3 is 2.76 bits per heavy atom. The van der Waals surface area contributed by atoms with Crippen LogP contribution in [0.2, 0.25) is 0 Å². The number of methoxy groups -OCH3 is 1. The van der Waals surface area contributed by atoms with Crippen molar-refractivity contribution in [3.63, 3.8) is 0 Å². The van der Waals surface area contributed by atoms with Crippen molar-refractivity contribution in [2.24, 2.45) is 0 Å². The number of hydrogen-bond donors (Lipinski definition) is 2. The largest absolute Gasteiger partial charge is 0.496 e. The Hall–Kier alpha value is -1.76. The van der Waals surface area contributed by atoms with Gasteiger partial charge in [-0.1, -0.05) is 0 Å². The number of halogens is 1. The number of aliphatic carboxylic acids is 1. The Balaban J connectivity index is 2.48. The number of ether oxygens (including phenoxy) is 1. The summed E-state index contributed by atoms with van der Waals surface area (Å²) in [4.78, 5) is 21.8. The fourth-order valence-electron chi connectivity index (χ4n) is 1.75. The number of rotatable bonds is 8. The van der Waals surface area contributed by atoms with Crippen LogP contribution in [-0.4, -0.2) is 35.9 Å². The molecule has 0 aliphatic heterocycles. The van der Waals surface area contributed by atoms with Gasteiger partial charge in [0.25, 0.3) is 0 Å². The van der Waals surface area contributed by atoms with Crippen LogP contribution in [0.25, 0.3) is 0 Å². The molecule has 2 N–H and O–H groups in total. The number of thioether (sulfide) groups is 1. The molecule has 0 saturated heterocycles. The van der Waals surface area contributed by atoms with E-state index in [1.807, 2.05) is 0 Å². The molecule has 7 heteroatoms. The Bertz CT molecular complexity index is 510. The van der Waals surface area contributed by atoms with Gasteiger partial charge in [0.2, 0.25) is 5.91 Å². The molecule has 1 atom stereocenters. The van der Waals surface area contributed by atoms with E-state index < -0.39 is 12.0 Å². The summed E-state index contributed by atoms with van der Waals surface area (Å²) < 4.78 is 18.3. The van der Waals surface area contributed by atoms with Crippen LogP contribution < -0.4 is 10.1 Å². The molecule has 0 spiro atoms. The summed E-state index contributed by atoms with van der Waals surface area (Å²) in [6.07, 6.45) is 0.303. The second-order valence-electron chi connectivity index (χ2n) is 4.39. The summed E-state index contributed by atoms with van der Waals surface area (Å²) in [5.41, 5.74) is 0.717. The Morgan fingerprint density at radius 1 is 1.48 bits per heavy atom. The summed E-state index contributed by atoms with van der Waals surface area (Å²) >= 11 is 1.46. The fourth-order valence-corrected chi connectivity index (χ4v) is 2.74. The molecule has 1 unspecified atom stereocenters. The van der Waals surface area contributed by atoms with Gasteiger partial charge in [-0.05, 0) is 30.4 Å². The molecule has 116 valence electrons. The molecular weight excluding hydrogens is 297 g/mol. The first kappa shape index (κ1) is 17.3. The van der Waals surface area contributed by atoms with E-state index in [1.54, 1.807) is 6.07 Å². The third-order valence-electron chi connectivity index (χ3n) is 2.73. The van der Waals surface area contributed by atoms with Crippen LogP contribution in [-0.2, 0) is 15.3 Å². The van der Waals surface area contributed by atoms with Crippen LogP contribution in [0.4, 0.5) is 4.39 Å². The molecule has 1 aromatic rings. The van der Waals surface area contributed by atoms with Crippen molar-refractivity contribution in [1.82, 2.24) is 5.32 Å². The molecule has 1 rings (SSSR count). The Labute approximate surface area is 126 Å². The number of carbonyl (C=O) groups is 2. The summed E-state index contributed by atoms with van der Waals surface area (Å²) in [5, 5.41) is 11.3. The first-order valence-electron chi connectivity index (χ1n) is 6.34. The van der Waals surface area contributed by atoms with Crippen molar-refractivity contribution in [3.05, 3.63) is 29.6 Å². The average molecular weight is 315 g/mol. The van der Waals surface area contributed by atoms with Gasteiger partial charge in [-0.25, -0.2) is 9.18 Å². The first-order chi connectivity index (χ1) is 9.93. The number of carboxylic acids is 1. The third kappa shape index (κ3) is 6.03. The average Bonchev–Trinajstić information content (AvgIpc) is 2.41. The summed E-state index contributed by atoms with van der Waals surface area (Å²) in [5.74, 6) is -0.147. The van der Waals surface area contributed by atoms with Crippen LogP contribution in [0.15, 0.2) is 18.2 Å². The van der Waals surface area contributed by atoms with E-state index in [9.17, 15) is 14.0 Å². The lowest BCUT2D eigenvalue weighted by Crippen LogP contribution is -2.39. The number of hydrogen-bond acceptors (Lipinski definition) is 4. The molecule has 0 bridgehead atoms. The second-order valence-corrected chi connectivity index (χ2v) is 5.49. The fraction of sp³-hybridized carbons (Fsp3) is 0.429. The van der Waals surface area contributed by atoms with Crippen LogP contribution in [0.1, 0.15) is 18.9 Å². The molecule has 0 saturated carbocycles. The topological polar surface area (TPSA) is 75.6 Å². The number of benzene rings is 1. The van der Waals surface area contributed by atoms with Gasteiger partial charge in [0.1, 0.15) is 17.6 Å². The summed E-state index contributed by atoms with van der Waals surface area (Å²) in [6.45, 7) is 1.28. The minimum Gasteiger partial charge on any atom is -0.496 e. The highest BCUT2D eigenvalue weighted by Crippen LogP contribution is 2.24. The zero-order valence-electron chi connectivity index (χ0n) is 11.9. The number of nitrogens with one attached hydrogen (secondary N) is 1. The van der Waals surface area contributed by atoms with E-state index in [1.165, 1.54) is 37.9 Å². The SMILES string of the molecule is COc1ccc(F)cc1CSCCC(NC(C)=O)C(=O)O. The molecule has 0 radical (unpaired) electrons.